The number of nitrogens with one attached hydrogen (secondary N) is 2. The molecule has 2 N–H and O–H groups in total. The van der Waals surface area contributed by atoms with E-state index in [1.807, 2.05) is 6.07 Å². The van der Waals surface area contributed by atoms with Crippen LogP contribution in [0.5, 0.6) is 0 Å². The van der Waals surface area contributed by atoms with Crippen molar-refractivity contribution in [3.05, 3.63) is 52.9 Å². The predicted octanol–water partition coefficient (Wildman–Crippen LogP) is 5.53. The molecule has 1 unspecified atom stereocenters. The van der Waals surface area contributed by atoms with E-state index in [-0.39, 0.29) is 10.7 Å². The third-order valence-electron chi connectivity index (χ3n) is 3.59. The summed E-state index contributed by atoms with van der Waals surface area (Å²) in [7, 11) is 0. The average Bonchev–Trinajstić information content (AvgIpc) is 3.32. The maximum atomic E-state index is 13.2. The number of hydrogen-bond donors (Lipinski definition) is 2. The van der Waals surface area contributed by atoms with Crippen LogP contribution in [0.15, 0.2) is 45.4 Å². The zero-order valence-corrected chi connectivity index (χ0v) is 17.2. The fraction of sp³-hybridized carbons (Fsp3) is 0.235. The number of nitrogens with zero attached hydrogens (tertiary/aromatic N) is 2. The molecule has 12 heteroatoms. The van der Waals surface area contributed by atoms with Crippen molar-refractivity contribution in [2.45, 2.75) is 29.2 Å². The molecule has 1 aromatic carbocycles. The van der Waals surface area contributed by atoms with Crippen molar-refractivity contribution in [2.75, 3.05) is 10.6 Å². The minimum atomic E-state index is -4.64. The van der Waals surface area contributed by atoms with E-state index in [0.29, 0.717) is 16.0 Å². The van der Waals surface area contributed by atoms with E-state index in [1.165, 1.54) is 17.4 Å². The fourth-order valence-corrected chi connectivity index (χ4v) is 4.27. The topological polar surface area (TPSA) is 80.1 Å². The van der Waals surface area contributed by atoms with Gasteiger partial charge in [0.1, 0.15) is 5.76 Å². The second kappa shape index (κ2) is 9.06. The zero-order chi connectivity index (χ0) is 21.0. The van der Waals surface area contributed by atoms with Crippen molar-refractivity contribution in [3.63, 3.8) is 0 Å². The van der Waals surface area contributed by atoms with Gasteiger partial charge in [-0.15, -0.1) is 10.2 Å². The Balaban J connectivity index is 1.60. The van der Waals surface area contributed by atoms with E-state index in [2.05, 4.69) is 20.8 Å². The maximum absolute atomic E-state index is 13.2. The van der Waals surface area contributed by atoms with Crippen LogP contribution in [0.4, 0.5) is 24.0 Å². The van der Waals surface area contributed by atoms with Gasteiger partial charge in [0.15, 0.2) is 4.34 Å². The first-order valence-corrected chi connectivity index (χ1v) is 10.2. The van der Waals surface area contributed by atoms with Gasteiger partial charge in [0.25, 0.3) is 0 Å². The van der Waals surface area contributed by atoms with Crippen LogP contribution in [0.3, 0.4) is 0 Å². The Morgan fingerprint density at radius 1 is 1.34 bits per heavy atom. The number of aromatic nitrogens is 2. The highest BCUT2D eigenvalue weighted by Gasteiger charge is 2.34. The minimum Gasteiger partial charge on any atom is -0.467 e. The molecule has 3 aromatic rings. The Bertz CT molecular complexity index is 979. The molecule has 0 bridgehead atoms. The number of thioether (sulfide) groups is 1. The third kappa shape index (κ3) is 5.87. The summed E-state index contributed by atoms with van der Waals surface area (Å²) in [6.45, 7) is 2.00. The Morgan fingerprint density at radius 2 is 2.14 bits per heavy atom. The molecular weight excluding hydrogens is 449 g/mol. The summed E-state index contributed by atoms with van der Waals surface area (Å²) in [6.07, 6.45) is -3.08. The lowest BCUT2D eigenvalue weighted by Crippen LogP contribution is -2.24. The van der Waals surface area contributed by atoms with Crippen LogP contribution in [0.25, 0.3) is 0 Å². The van der Waals surface area contributed by atoms with Gasteiger partial charge >= 0.3 is 6.18 Å². The Labute approximate surface area is 176 Å². The molecular formula is C17H14ClF3N4O2S2. The zero-order valence-electron chi connectivity index (χ0n) is 14.8. The van der Waals surface area contributed by atoms with Crippen LogP contribution in [-0.2, 0) is 17.5 Å². The smallest absolute Gasteiger partial charge is 0.418 e. The van der Waals surface area contributed by atoms with Crippen LogP contribution >= 0.6 is 34.7 Å². The van der Waals surface area contributed by atoms with Crippen LogP contribution in [0.1, 0.15) is 18.2 Å². The standard InChI is InChI=1S/C17H14ClF3N4O2S2/c1-9(14(26)23-13-5-4-10(18)7-12(13)17(19,20)21)28-16-25-24-15(29-16)22-8-11-3-2-6-27-11/h2-7,9H,8H2,1H3,(H,22,24)(H,23,26). The Morgan fingerprint density at radius 3 is 2.83 bits per heavy atom. The minimum absolute atomic E-state index is 0.0683. The molecule has 154 valence electrons. The first-order valence-electron chi connectivity index (χ1n) is 8.16. The molecule has 0 saturated carbocycles. The van der Waals surface area contributed by atoms with E-state index in [0.717, 1.165) is 29.7 Å². The van der Waals surface area contributed by atoms with Crippen LogP contribution in [-0.4, -0.2) is 21.4 Å². The van der Waals surface area contributed by atoms with Crippen molar-refractivity contribution < 1.29 is 22.4 Å². The van der Waals surface area contributed by atoms with Gasteiger partial charge in [-0.05, 0) is 37.3 Å². The van der Waals surface area contributed by atoms with Gasteiger partial charge in [0.05, 0.1) is 29.3 Å². The molecule has 0 fully saturated rings. The third-order valence-corrected chi connectivity index (χ3v) is 5.89. The number of benzene rings is 1. The monoisotopic (exact) mass is 462 g/mol. The Kier molecular flexibility index (Phi) is 6.70. The van der Waals surface area contributed by atoms with Crippen LogP contribution in [0.2, 0.25) is 5.02 Å². The summed E-state index contributed by atoms with van der Waals surface area (Å²) in [6, 6.07) is 6.76. The highest BCUT2D eigenvalue weighted by molar-refractivity contribution is 8.02. The fourth-order valence-electron chi connectivity index (χ4n) is 2.20. The van der Waals surface area contributed by atoms with Crippen molar-refractivity contribution in [1.82, 2.24) is 10.2 Å². The number of rotatable bonds is 7. The summed E-state index contributed by atoms with van der Waals surface area (Å²) in [4.78, 5) is 12.4. The van der Waals surface area contributed by atoms with E-state index in [1.54, 1.807) is 19.3 Å². The van der Waals surface area contributed by atoms with E-state index in [4.69, 9.17) is 16.0 Å². The predicted molar refractivity (Wildman–Crippen MR) is 106 cm³/mol. The van der Waals surface area contributed by atoms with Crippen LogP contribution < -0.4 is 10.6 Å². The second-order valence-electron chi connectivity index (χ2n) is 5.74. The largest absolute Gasteiger partial charge is 0.467 e. The molecule has 29 heavy (non-hydrogen) atoms. The maximum Gasteiger partial charge on any atom is 0.418 e. The lowest BCUT2D eigenvalue weighted by molar-refractivity contribution is -0.137. The molecule has 3 rings (SSSR count). The molecule has 2 heterocycles. The van der Waals surface area contributed by atoms with Crippen molar-refractivity contribution >= 4 is 51.4 Å². The molecule has 6 nitrogen and oxygen atoms in total. The van der Waals surface area contributed by atoms with Gasteiger partial charge < -0.3 is 15.1 Å². The molecule has 0 aliphatic carbocycles. The number of hydrogen-bond acceptors (Lipinski definition) is 7. The molecule has 1 atom stereocenters. The van der Waals surface area contributed by atoms with Gasteiger partial charge in [-0.25, -0.2) is 0 Å². The quantitative estimate of drug-likeness (QED) is 0.449. The number of furan rings is 1. The van der Waals surface area contributed by atoms with Gasteiger partial charge in [-0.1, -0.05) is 34.7 Å². The first kappa shape index (κ1) is 21.5. The van der Waals surface area contributed by atoms with Gasteiger partial charge in [0.2, 0.25) is 11.0 Å². The van der Waals surface area contributed by atoms with Gasteiger partial charge in [-0.3, -0.25) is 4.79 Å². The molecule has 1 amide bonds. The molecule has 2 aromatic heterocycles. The number of carbonyl (C=O) groups is 1. The highest BCUT2D eigenvalue weighted by atomic mass is 35.5. The van der Waals surface area contributed by atoms with Gasteiger partial charge in [-0.2, -0.15) is 13.2 Å². The van der Waals surface area contributed by atoms with Crippen molar-refractivity contribution in [3.8, 4) is 0 Å². The first-order chi connectivity index (χ1) is 13.7. The highest BCUT2D eigenvalue weighted by Crippen LogP contribution is 2.37. The van der Waals surface area contributed by atoms with Gasteiger partial charge in [0, 0.05) is 5.02 Å². The number of amides is 1. The lowest BCUT2D eigenvalue weighted by Gasteiger charge is -2.16. The lowest BCUT2D eigenvalue weighted by atomic mass is 10.1. The summed E-state index contributed by atoms with van der Waals surface area (Å²) >= 11 is 7.97. The average molecular weight is 463 g/mol. The summed E-state index contributed by atoms with van der Waals surface area (Å²) in [5.41, 5.74) is -1.35. The van der Waals surface area contributed by atoms with E-state index >= 15 is 0 Å². The molecule has 0 aliphatic heterocycles. The summed E-state index contributed by atoms with van der Waals surface area (Å²) in [5.74, 6) is 0.133. The van der Waals surface area contributed by atoms with Crippen LogP contribution in [0, 0.1) is 0 Å². The second-order valence-corrected chi connectivity index (χ2v) is 8.74. The SMILES string of the molecule is CC(Sc1nnc(NCc2ccco2)s1)C(=O)Nc1ccc(Cl)cc1C(F)(F)F. The molecule has 0 saturated heterocycles. The normalized spacial score (nSPS) is 12.6. The van der Waals surface area contributed by atoms with E-state index < -0.39 is 22.9 Å². The summed E-state index contributed by atoms with van der Waals surface area (Å²) < 4.78 is 45.2. The molecule has 0 radical (unpaired) electrons. The molecule has 0 aliphatic rings. The van der Waals surface area contributed by atoms with E-state index in [9.17, 15) is 18.0 Å². The number of alkyl halides is 3. The number of halogens is 4. The number of carbonyl (C=O) groups excluding carboxylic acids is 1. The Hall–Kier alpha value is -2.24. The summed E-state index contributed by atoms with van der Waals surface area (Å²) in [5, 5.41) is 13.1. The van der Waals surface area contributed by atoms with Crippen molar-refractivity contribution in [2.24, 2.45) is 0 Å². The number of anilines is 2. The van der Waals surface area contributed by atoms with Crippen molar-refractivity contribution in [1.29, 1.82) is 0 Å². The molecule has 0 spiro atoms.